The Kier molecular flexibility index (Phi) is 7.73. The Hall–Kier alpha value is -2.38. The van der Waals surface area contributed by atoms with E-state index in [0.29, 0.717) is 11.7 Å². The van der Waals surface area contributed by atoms with E-state index < -0.39 is 11.5 Å². The van der Waals surface area contributed by atoms with Gasteiger partial charge in [0.1, 0.15) is 22.3 Å². The van der Waals surface area contributed by atoms with Gasteiger partial charge >= 0.3 is 0 Å². The summed E-state index contributed by atoms with van der Waals surface area (Å²) >= 11 is 7.02. The second-order valence-electron chi connectivity index (χ2n) is 7.56. The van der Waals surface area contributed by atoms with Crippen molar-refractivity contribution in [3.63, 3.8) is 0 Å². The van der Waals surface area contributed by atoms with Gasteiger partial charge in [-0.3, -0.25) is 9.79 Å². The molecule has 1 N–H and O–H groups in total. The largest absolute Gasteiger partial charge is 0.494 e. The number of hydrogen-bond acceptors (Lipinski definition) is 5. The molecule has 2 aromatic carbocycles. The maximum Gasteiger partial charge on any atom is 0.234 e. The highest BCUT2D eigenvalue weighted by Crippen LogP contribution is 2.28. The van der Waals surface area contributed by atoms with E-state index in [-0.39, 0.29) is 22.4 Å². The second kappa shape index (κ2) is 10.3. The van der Waals surface area contributed by atoms with Crippen LogP contribution in [0.25, 0.3) is 0 Å². The number of anilines is 1. The summed E-state index contributed by atoms with van der Waals surface area (Å²) in [6.45, 7) is 6.63. The molecule has 0 aromatic heterocycles. The number of halogens is 2. The van der Waals surface area contributed by atoms with Gasteiger partial charge in [-0.25, -0.2) is 9.38 Å². The van der Waals surface area contributed by atoms with Crippen LogP contribution in [-0.2, 0) is 4.79 Å². The average molecular weight is 462 g/mol. The molecule has 2 aromatic rings. The van der Waals surface area contributed by atoms with Crippen molar-refractivity contribution in [1.82, 2.24) is 0 Å². The van der Waals surface area contributed by atoms with Crippen molar-refractivity contribution in [3.05, 3.63) is 58.9 Å². The van der Waals surface area contributed by atoms with Gasteiger partial charge < -0.3 is 10.1 Å². The number of hydrogen-bond donors (Lipinski definition) is 1. The van der Waals surface area contributed by atoms with Crippen molar-refractivity contribution in [2.24, 2.45) is 9.98 Å². The Morgan fingerprint density at radius 1 is 1.19 bits per heavy atom. The van der Waals surface area contributed by atoms with Crippen molar-refractivity contribution in [2.75, 3.05) is 17.7 Å². The van der Waals surface area contributed by atoms with Gasteiger partial charge in [0.15, 0.2) is 0 Å². The number of carbonyl (C=O) groups is 1. The minimum absolute atomic E-state index is 0.0776. The monoisotopic (exact) mass is 461 g/mol. The third kappa shape index (κ3) is 6.55. The predicted octanol–water partition coefficient (Wildman–Crippen LogP) is 5.97. The molecule has 1 heterocycles. The third-order valence-electron chi connectivity index (χ3n) is 4.40. The molecule has 1 amide bonds. The zero-order chi connectivity index (χ0) is 22.4. The fraction of sp³-hybridized carbons (Fsp3) is 0.348. The topological polar surface area (TPSA) is 63.1 Å². The van der Waals surface area contributed by atoms with Crippen molar-refractivity contribution in [3.8, 4) is 5.75 Å². The van der Waals surface area contributed by atoms with Crippen molar-refractivity contribution in [2.45, 2.75) is 39.3 Å². The number of unbranched alkanes of at least 4 members (excludes halogenated alkanes) is 1. The summed E-state index contributed by atoms with van der Waals surface area (Å²) in [6.07, 6.45) is 2.09. The minimum atomic E-state index is -0.604. The third-order valence-corrected chi connectivity index (χ3v) is 5.60. The molecule has 0 bridgehead atoms. The number of rotatable bonds is 8. The number of thioether (sulfide) groups is 1. The fourth-order valence-corrected chi connectivity index (χ4v) is 3.98. The van der Waals surface area contributed by atoms with Crippen LogP contribution in [0.15, 0.2) is 52.4 Å². The maximum atomic E-state index is 13.9. The van der Waals surface area contributed by atoms with Gasteiger partial charge in [0.25, 0.3) is 0 Å². The number of benzene rings is 2. The lowest BCUT2D eigenvalue weighted by atomic mass is 10.1. The molecule has 1 aliphatic heterocycles. The highest BCUT2D eigenvalue weighted by molar-refractivity contribution is 8.16. The summed E-state index contributed by atoms with van der Waals surface area (Å²) in [5, 5.41) is 3.51. The predicted molar refractivity (Wildman–Crippen MR) is 127 cm³/mol. The molecule has 0 radical (unpaired) electrons. The number of aliphatic imine (C=N–C) groups is 2. The van der Waals surface area contributed by atoms with Crippen LogP contribution >= 0.6 is 23.4 Å². The van der Waals surface area contributed by atoms with Gasteiger partial charge in [-0.1, -0.05) is 36.7 Å². The molecular formula is C23H25ClFN3O2S. The molecule has 0 unspecified atom stereocenters. The van der Waals surface area contributed by atoms with E-state index in [1.807, 2.05) is 38.1 Å². The first-order valence-electron chi connectivity index (χ1n) is 10.1. The van der Waals surface area contributed by atoms with Gasteiger partial charge in [0.2, 0.25) is 5.91 Å². The number of amides is 1. The number of carbonyl (C=O) groups excluding carboxylic acids is 1. The lowest BCUT2D eigenvalue weighted by Crippen LogP contribution is -2.18. The van der Waals surface area contributed by atoms with Crippen LogP contribution in [0.1, 0.15) is 39.2 Å². The quantitative estimate of drug-likeness (QED) is 0.493. The van der Waals surface area contributed by atoms with E-state index >= 15 is 0 Å². The SMILES string of the molecule is CCCCOc1ccc(C2=NC(C)(C)N=C2SCC(=O)Nc2ccc(Cl)cc2F)cc1. The van der Waals surface area contributed by atoms with Crippen molar-refractivity contribution in [1.29, 1.82) is 0 Å². The zero-order valence-corrected chi connectivity index (χ0v) is 19.3. The Labute approximate surface area is 191 Å². The summed E-state index contributed by atoms with van der Waals surface area (Å²) in [5.41, 5.74) is 1.13. The Bertz CT molecular complexity index is 1010. The lowest BCUT2D eigenvalue weighted by Gasteiger charge is -2.09. The van der Waals surface area contributed by atoms with Gasteiger partial charge in [-0.15, -0.1) is 0 Å². The number of nitrogens with one attached hydrogen (secondary N) is 1. The average Bonchev–Trinajstić information content (AvgIpc) is 3.04. The van der Waals surface area contributed by atoms with Gasteiger partial charge in [-0.2, -0.15) is 0 Å². The Balaban J connectivity index is 1.64. The first-order chi connectivity index (χ1) is 14.8. The van der Waals surface area contributed by atoms with Gasteiger partial charge in [-0.05, 0) is 62.7 Å². The van der Waals surface area contributed by atoms with Gasteiger partial charge in [0, 0.05) is 10.6 Å². The molecule has 0 spiro atoms. The Morgan fingerprint density at radius 3 is 2.61 bits per heavy atom. The second-order valence-corrected chi connectivity index (χ2v) is 8.96. The van der Waals surface area contributed by atoms with E-state index in [2.05, 4.69) is 17.2 Å². The molecule has 1 aliphatic rings. The molecule has 3 rings (SSSR count). The molecule has 5 nitrogen and oxygen atoms in total. The summed E-state index contributed by atoms with van der Waals surface area (Å²) in [4.78, 5) is 21.7. The molecule has 31 heavy (non-hydrogen) atoms. The highest BCUT2D eigenvalue weighted by Gasteiger charge is 2.28. The standard InChI is InChI=1S/C23H25ClFN3O2S/c1-4-5-12-30-17-9-6-15(7-10-17)21-22(28-23(2,3)27-21)31-14-20(29)26-19-11-8-16(24)13-18(19)25/h6-11,13H,4-5,12,14H2,1-3H3,(H,26,29). The van der Waals surface area contributed by atoms with E-state index in [4.69, 9.17) is 21.3 Å². The molecular weight excluding hydrogens is 437 g/mol. The van der Waals surface area contributed by atoms with E-state index in [9.17, 15) is 9.18 Å². The smallest absolute Gasteiger partial charge is 0.234 e. The van der Waals surface area contributed by atoms with Crippen LogP contribution in [0.3, 0.4) is 0 Å². The van der Waals surface area contributed by atoms with Crippen LogP contribution in [0.5, 0.6) is 5.75 Å². The first-order valence-corrected chi connectivity index (χ1v) is 11.4. The van der Waals surface area contributed by atoms with E-state index in [1.165, 1.54) is 23.9 Å². The highest BCUT2D eigenvalue weighted by atomic mass is 35.5. The molecule has 164 valence electrons. The van der Waals surface area contributed by atoms with Gasteiger partial charge in [0.05, 0.1) is 23.8 Å². The normalized spacial score (nSPS) is 14.7. The number of nitrogens with zero attached hydrogens (tertiary/aromatic N) is 2. The molecule has 0 aliphatic carbocycles. The van der Waals surface area contributed by atoms with Crippen molar-refractivity contribution >= 4 is 45.7 Å². The fourth-order valence-electron chi connectivity index (χ4n) is 2.89. The molecule has 0 saturated heterocycles. The first kappa shape index (κ1) is 23.3. The number of ether oxygens (including phenoxy) is 1. The zero-order valence-electron chi connectivity index (χ0n) is 17.7. The molecule has 0 atom stereocenters. The summed E-state index contributed by atoms with van der Waals surface area (Å²) in [7, 11) is 0. The molecule has 0 fully saturated rings. The van der Waals surface area contributed by atoms with E-state index in [1.54, 1.807) is 0 Å². The summed E-state index contributed by atoms with van der Waals surface area (Å²) in [6, 6.07) is 11.8. The van der Waals surface area contributed by atoms with Crippen LogP contribution in [-0.4, -0.2) is 34.7 Å². The summed E-state index contributed by atoms with van der Waals surface area (Å²) in [5.74, 6) is -0.0225. The lowest BCUT2D eigenvalue weighted by molar-refractivity contribution is -0.113. The van der Waals surface area contributed by atoms with Crippen LogP contribution in [0.4, 0.5) is 10.1 Å². The van der Waals surface area contributed by atoms with E-state index in [0.717, 1.165) is 35.9 Å². The molecule has 8 heteroatoms. The minimum Gasteiger partial charge on any atom is -0.494 e. The summed E-state index contributed by atoms with van der Waals surface area (Å²) < 4.78 is 19.6. The van der Waals surface area contributed by atoms with Crippen LogP contribution in [0.2, 0.25) is 5.02 Å². The maximum absolute atomic E-state index is 13.9. The Morgan fingerprint density at radius 2 is 1.94 bits per heavy atom. The van der Waals surface area contributed by atoms with Crippen LogP contribution < -0.4 is 10.1 Å². The van der Waals surface area contributed by atoms with Crippen LogP contribution in [0, 0.1) is 5.82 Å². The molecule has 0 saturated carbocycles. The van der Waals surface area contributed by atoms with Crippen molar-refractivity contribution < 1.29 is 13.9 Å².